The number of anilines is 1. The molecule has 20 heavy (non-hydrogen) atoms. The van der Waals surface area contributed by atoms with Gasteiger partial charge in [0.2, 0.25) is 0 Å². The number of methoxy groups -OCH3 is 1. The molecule has 0 atom stereocenters. The van der Waals surface area contributed by atoms with Crippen LogP contribution in [-0.4, -0.2) is 49.7 Å². The molecule has 1 N–H and O–H groups in total. The Kier molecular flexibility index (Phi) is 3.30. The predicted octanol–water partition coefficient (Wildman–Crippen LogP) is 2.26. The number of aliphatic imine (C=N–C) groups is 1. The number of hydrogen-bond acceptors (Lipinski definition) is 5. The standard InChI is InChI=1S/C15H21N3O2/c1-15(2)14(18-6-8-20-9-7-18)16-13-10-11(19-3)4-5-12(13)17-15/h4-5,10,17H,6-9H2,1-3H3. The number of nitrogens with one attached hydrogen (secondary N) is 1. The van der Waals surface area contributed by atoms with Crippen LogP contribution in [0.3, 0.4) is 0 Å². The SMILES string of the molecule is COc1ccc2c(c1)N=C(N1CCOCC1)C(C)(C)N2. The number of rotatable bonds is 1. The number of hydrogen-bond donors (Lipinski definition) is 1. The number of ether oxygens (including phenoxy) is 2. The van der Waals surface area contributed by atoms with Crippen LogP contribution < -0.4 is 10.1 Å². The lowest BCUT2D eigenvalue weighted by atomic mass is 9.98. The zero-order valence-electron chi connectivity index (χ0n) is 12.3. The van der Waals surface area contributed by atoms with Gasteiger partial charge in [-0.3, -0.25) is 0 Å². The Hall–Kier alpha value is -1.75. The highest BCUT2D eigenvalue weighted by molar-refractivity contribution is 5.99. The number of amidine groups is 1. The van der Waals surface area contributed by atoms with Crippen molar-refractivity contribution in [2.45, 2.75) is 19.4 Å². The summed E-state index contributed by atoms with van der Waals surface area (Å²) in [6, 6.07) is 5.95. The van der Waals surface area contributed by atoms with E-state index in [4.69, 9.17) is 14.5 Å². The van der Waals surface area contributed by atoms with Crippen LogP contribution in [0.15, 0.2) is 23.2 Å². The van der Waals surface area contributed by atoms with Crippen LogP contribution in [0, 0.1) is 0 Å². The average Bonchev–Trinajstić information content (AvgIpc) is 2.46. The van der Waals surface area contributed by atoms with E-state index in [1.165, 1.54) is 0 Å². The van der Waals surface area contributed by atoms with Gasteiger partial charge in [-0.25, -0.2) is 4.99 Å². The van der Waals surface area contributed by atoms with E-state index in [0.29, 0.717) is 0 Å². The first kappa shape index (κ1) is 13.2. The van der Waals surface area contributed by atoms with Crippen LogP contribution >= 0.6 is 0 Å². The van der Waals surface area contributed by atoms with Gasteiger partial charge in [-0.15, -0.1) is 0 Å². The highest BCUT2D eigenvalue weighted by atomic mass is 16.5. The molecule has 0 saturated carbocycles. The molecule has 1 aromatic carbocycles. The van der Waals surface area contributed by atoms with Crippen molar-refractivity contribution in [2.75, 3.05) is 38.7 Å². The third-order valence-corrected chi connectivity index (χ3v) is 3.75. The zero-order chi connectivity index (χ0) is 14.2. The minimum absolute atomic E-state index is 0.182. The first-order chi connectivity index (χ1) is 9.60. The molecule has 0 spiro atoms. The van der Waals surface area contributed by atoms with Crippen molar-refractivity contribution in [1.29, 1.82) is 0 Å². The minimum atomic E-state index is -0.182. The molecule has 0 bridgehead atoms. The number of benzene rings is 1. The molecule has 5 heteroatoms. The highest BCUT2D eigenvalue weighted by Gasteiger charge is 2.34. The second kappa shape index (κ2) is 4.98. The van der Waals surface area contributed by atoms with E-state index >= 15 is 0 Å². The Labute approximate surface area is 119 Å². The monoisotopic (exact) mass is 275 g/mol. The topological polar surface area (TPSA) is 46.1 Å². The number of fused-ring (bicyclic) bond motifs is 1. The Morgan fingerprint density at radius 3 is 2.75 bits per heavy atom. The molecule has 2 heterocycles. The van der Waals surface area contributed by atoms with Gasteiger partial charge in [0, 0.05) is 19.2 Å². The second-order valence-electron chi connectivity index (χ2n) is 5.67. The van der Waals surface area contributed by atoms with Crippen molar-refractivity contribution in [3.8, 4) is 5.75 Å². The van der Waals surface area contributed by atoms with Gasteiger partial charge in [0.1, 0.15) is 11.6 Å². The predicted molar refractivity (Wildman–Crippen MR) is 80.2 cm³/mol. The van der Waals surface area contributed by atoms with Crippen molar-refractivity contribution in [3.05, 3.63) is 18.2 Å². The molecular weight excluding hydrogens is 254 g/mol. The fraction of sp³-hybridized carbons (Fsp3) is 0.533. The third-order valence-electron chi connectivity index (χ3n) is 3.75. The largest absolute Gasteiger partial charge is 0.497 e. The fourth-order valence-corrected chi connectivity index (χ4v) is 2.72. The van der Waals surface area contributed by atoms with Crippen LogP contribution in [0.5, 0.6) is 5.75 Å². The van der Waals surface area contributed by atoms with Crippen molar-refractivity contribution >= 4 is 17.2 Å². The molecule has 1 saturated heterocycles. The van der Waals surface area contributed by atoms with Gasteiger partial charge in [0.05, 0.1) is 37.2 Å². The van der Waals surface area contributed by atoms with Crippen LogP contribution in [-0.2, 0) is 4.74 Å². The number of nitrogens with zero attached hydrogens (tertiary/aromatic N) is 2. The summed E-state index contributed by atoms with van der Waals surface area (Å²) in [7, 11) is 1.68. The van der Waals surface area contributed by atoms with E-state index in [-0.39, 0.29) is 5.54 Å². The van der Waals surface area contributed by atoms with Crippen LogP contribution in [0.2, 0.25) is 0 Å². The molecule has 1 aromatic rings. The summed E-state index contributed by atoms with van der Waals surface area (Å²) in [5, 5.41) is 3.57. The fourth-order valence-electron chi connectivity index (χ4n) is 2.72. The van der Waals surface area contributed by atoms with E-state index < -0.39 is 0 Å². The van der Waals surface area contributed by atoms with E-state index in [0.717, 1.165) is 49.3 Å². The zero-order valence-corrected chi connectivity index (χ0v) is 12.3. The van der Waals surface area contributed by atoms with Crippen molar-refractivity contribution in [3.63, 3.8) is 0 Å². The maximum atomic E-state index is 5.43. The summed E-state index contributed by atoms with van der Waals surface area (Å²) in [5.41, 5.74) is 1.80. The molecule has 0 unspecified atom stereocenters. The normalized spacial score (nSPS) is 20.8. The summed E-state index contributed by atoms with van der Waals surface area (Å²) in [6.45, 7) is 7.63. The molecule has 2 aliphatic rings. The lowest BCUT2D eigenvalue weighted by Gasteiger charge is -2.41. The molecule has 0 aliphatic carbocycles. The molecule has 0 radical (unpaired) electrons. The lowest BCUT2D eigenvalue weighted by molar-refractivity contribution is 0.0660. The maximum Gasteiger partial charge on any atom is 0.130 e. The third kappa shape index (κ3) is 2.33. The summed E-state index contributed by atoms with van der Waals surface area (Å²) >= 11 is 0. The first-order valence-corrected chi connectivity index (χ1v) is 6.98. The van der Waals surface area contributed by atoms with E-state index in [2.05, 4.69) is 24.1 Å². The van der Waals surface area contributed by atoms with Gasteiger partial charge >= 0.3 is 0 Å². The molecule has 3 rings (SSSR count). The van der Waals surface area contributed by atoms with Crippen molar-refractivity contribution < 1.29 is 9.47 Å². The molecule has 0 amide bonds. The molecule has 0 aromatic heterocycles. The summed E-state index contributed by atoms with van der Waals surface area (Å²) in [6.07, 6.45) is 0. The summed E-state index contributed by atoms with van der Waals surface area (Å²) < 4.78 is 10.7. The molecular formula is C15H21N3O2. The Morgan fingerprint density at radius 1 is 1.30 bits per heavy atom. The Morgan fingerprint density at radius 2 is 2.05 bits per heavy atom. The Bertz CT molecular complexity index is 534. The maximum absolute atomic E-state index is 5.43. The summed E-state index contributed by atoms with van der Waals surface area (Å²) in [4.78, 5) is 7.18. The van der Waals surface area contributed by atoms with Gasteiger partial charge in [-0.05, 0) is 26.0 Å². The highest BCUT2D eigenvalue weighted by Crippen LogP contribution is 2.37. The minimum Gasteiger partial charge on any atom is -0.497 e. The summed E-state index contributed by atoms with van der Waals surface area (Å²) in [5.74, 6) is 1.90. The quantitative estimate of drug-likeness (QED) is 0.854. The van der Waals surface area contributed by atoms with E-state index in [9.17, 15) is 0 Å². The molecule has 1 fully saturated rings. The second-order valence-corrected chi connectivity index (χ2v) is 5.67. The smallest absolute Gasteiger partial charge is 0.130 e. The van der Waals surface area contributed by atoms with Crippen LogP contribution in [0.1, 0.15) is 13.8 Å². The van der Waals surface area contributed by atoms with Crippen LogP contribution in [0.25, 0.3) is 0 Å². The van der Waals surface area contributed by atoms with Gasteiger partial charge in [-0.2, -0.15) is 0 Å². The van der Waals surface area contributed by atoms with Gasteiger partial charge in [-0.1, -0.05) is 0 Å². The first-order valence-electron chi connectivity index (χ1n) is 6.98. The molecule has 2 aliphatic heterocycles. The van der Waals surface area contributed by atoms with Crippen molar-refractivity contribution in [1.82, 2.24) is 4.90 Å². The lowest BCUT2D eigenvalue weighted by Crippen LogP contribution is -2.54. The average molecular weight is 275 g/mol. The molecule has 108 valence electrons. The van der Waals surface area contributed by atoms with Gasteiger partial charge < -0.3 is 19.7 Å². The van der Waals surface area contributed by atoms with E-state index in [1.807, 2.05) is 18.2 Å². The van der Waals surface area contributed by atoms with Gasteiger partial charge in [0.25, 0.3) is 0 Å². The van der Waals surface area contributed by atoms with Crippen LogP contribution in [0.4, 0.5) is 11.4 Å². The van der Waals surface area contributed by atoms with Gasteiger partial charge in [0.15, 0.2) is 0 Å². The van der Waals surface area contributed by atoms with Crippen molar-refractivity contribution in [2.24, 2.45) is 4.99 Å². The number of morpholine rings is 1. The van der Waals surface area contributed by atoms with E-state index in [1.54, 1.807) is 7.11 Å². The molecule has 5 nitrogen and oxygen atoms in total. The Balaban J connectivity index is 1.99.